The SMILES string of the molecule is CN(C)CCCOc1ccc(NC(=O)CCCc2nnc(-c3ccccc3)o2)cc1. The molecule has 0 saturated carbocycles. The van der Waals surface area contributed by atoms with E-state index in [9.17, 15) is 4.79 Å². The molecule has 2 aromatic carbocycles. The lowest BCUT2D eigenvalue weighted by Crippen LogP contribution is -2.15. The lowest BCUT2D eigenvalue weighted by atomic mass is 10.2. The Morgan fingerprint density at radius 1 is 1.03 bits per heavy atom. The molecule has 0 aliphatic carbocycles. The van der Waals surface area contributed by atoms with Crippen LogP contribution in [0.1, 0.15) is 25.2 Å². The second kappa shape index (κ2) is 11.1. The van der Waals surface area contributed by atoms with Gasteiger partial charge in [-0.25, -0.2) is 0 Å². The fourth-order valence-corrected chi connectivity index (χ4v) is 2.88. The van der Waals surface area contributed by atoms with E-state index in [2.05, 4.69) is 20.4 Å². The molecule has 1 heterocycles. The van der Waals surface area contributed by atoms with Crippen molar-refractivity contribution >= 4 is 11.6 Å². The maximum absolute atomic E-state index is 12.2. The minimum absolute atomic E-state index is 0.0440. The van der Waals surface area contributed by atoms with Gasteiger partial charge in [-0.15, -0.1) is 10.2 Å². The van der Waals surface area contributed by atoms with Crippen LogP contribution in [0.4, 0.5) is 5.69 Å². The van der Waals surface area contributed by atoms with Crippen LogP contribution in [0.3, 0.4) is 0 Å². The number of anilines is 1. The van der Waals surface area contributed by atoms with Crippen LogP contribution in [0.2, 0.25) is 0 Å². The number of ether oxygens (including phenoxy) is 1. The molecule has 7 nitrogen and oxygen atoms in total. The first-order valence-electron chi connectivity index (χ1n) is 10.2. The Labute approximate surface area is 177 Å². The number of carbonyl (C=O) groups excluding carboxylic acids is 1. The second-order valence-electron chi connectivity index (χ2n) is 7.30. The highest BCUT2D eigenvalue weighted by atomic mass is 16.5. The van der Waals surface area contributed by atoms with E-state index >= 15 is 0 Å². The first-order chi connectivity index (χ1) is 14.6. The third kappa shape index (κ3) is 7.00. The van der Waals surface area contributed by atoms with E-state index < -0.39 is 0 Å². The van der Waals surface area contributed by atoms with Crippen LogP contribution >= 0.6 is 0 Å². The summed E-state index contributed by atoms with van der Waals surface area (Å²) >= 11 is 0. The Balaban J connectivity index is 1.37. The number of aryl methyl sites for hydroxylation is 1. The molecule has 0 unspecified atom stereocenters. The van der Waals surface area contributed by atoms with E-state index in [1.165, 1.54) is 0 Å². The molecular formula is C23H28N4O3. The Kier molecular flexibility index (Phi) is 7.97. The highest BCUT2D eigenvalue weighted by Crippen LogP contribution is 2.18. The predicted octanol–water partition coefficient (Wildman–Crippen LogP) is 4.03. The number of aromatic nitrogens is 2. The monoisotopic (exact) mass is 408 g/mol. The van der Waals surface area contributed by atoms with Crippen molar-refractivity contribution < 1.29 is 13.9 Å². The Morgan fingerprint density at radius 3 is 2.53 bits per heavy atom. The largest absolute Gasteiger partial charge is 0.494 e. The molecule has 0 saturated heterocycles. The van der Waals surface area contributed by atoms with E-state index in [4.69, 9.17) is 9.15 Å². The van der Waals surface area contributed by atoms with Gasteiger partial charge in [0.1, 0.15) is 5.75 Å². The molecule has 1 N–H and O–H groups in total. The van der Waals surface area contributed by atoms with Gasteiger partial charge in [-0.2, -0.15) is 0 Å². The summed E-state index contributed by atoms with van der Waals surface area (Å²) in [4.78, 5) is 14.3. The number of benzene rings is 2. The average molecular weight is 409 g/mol. The Morgan fingerprint density at radius 2 is 1.80 bits per heavy atom. The smallest absolute Gasteiger partial charge is 0.247 e. The zero-order valence-electron chi connectivity index (χ0n) is 17.5. The topological polar surface area (TPSA) is 80.5 Å². The van der Waals surface area contributed by atoms with E-state index in [0.29, 0.717) is 37.7 Å². The molecule has 0 radical (unpaired) electrons. The van der Waals surface area contributed by atoms with Crippen LogP contribution < -0.4 is 10.1 Å². The van der Waals surface area contributed by atoms with Gasteiger partial charge in [-0.1, -0.05) is 18.2 Å². The quantitative estimate of drug-likeness (QED) is 0.483. The van der Waals surface area contributed by atoms with Gasteiger partial charge in [0.2, 0.25) is 17.7 Å². The van der Waals surface area contributed by atoms with Gasteiger partial charge in [0.15, 0.2) is 0 Å². The van der Waals surface area contributed by atoms with Crippen molar-refractivity contribution in [3.8, 4) is 17.2 Å². The van der Waals surface area contributed by atoms with Gasteiger partial charge in [-0.05, 0) is 63.3 Å². The first-order valence-corrected chi connectivity index (χ1v) is 10.2. The fourth-order valence-electron chi connectivity index (χ4n) is 2.88. The van der Waals surface area contributed by atoms with Crippen molar-refractivity contribution in [2.45, 2.75) is 25.7 Å². The van der Waals surface area contributed by atoms with Crippen molar-refractivity contribution in [1.82, 2.24) is 15.1 Å². The molecule has 158 valence electrons. The van der Waals surface area contributed by atoms with Crippen molar-refractivity contribution in [2.75, 3.05) is 32.6 Å². The lowest BCUT2D eigenvalue weighted by molar-refractivity contribution is -0.116. The molecule has 1 amide bonds. The fraction of sp³-hybridized carbons (Fsp3) is 0.348. The molecule has 3 rings (SSSR count). The number of hydrogen-bond donors (Lipinski definition) is 1. The van der Waals surface area contributed by atoms with E-state index in [1.54, 1.807) is 0 Å². The maximum atomic E-state index is 12.2. The predicted molar refractivity (Wildman–Crippen MR) is 116 cm³/mol. The average Bonchev–Trinajstić information content (AvgIpc) is 3.22. The summed E-state index contributed by atoms with van der Waals surface area (Å²) in [5.74, 6) is 1.80. The molecule has 0 atom stereocenters. The Bertz CT molecular complexity index is 908. The lowest BCUT2D eigenvalue weighted by Gasteiger charge is -2.11. The number of amides is 1. The van der Waals surface area contributed by atoms with Gasteiger partial charge in [0.05, 0.1) is 6.61 Å². The van der Waals surface area contributed by atoms with E-state index in [-0.39, 0.29) is 5.91 Å². The minimum atomic E-state index is -0.0440. The van der Waals surface area contributed by atoms with Gasteiger partial charge in [-0.3, -0.25) is 4.79 Å². The molecule has 7 heteroatoms. The summed E-state index contributed by atoms with van der Waals surface area (Å²) in [5, 5.41) is 11.0. The molecule has 30 heavy (non-hydrogen) atoms. The summed E-state index contributed by atoms with van der Waals surface area (Å²) in [6, 6.07) is 17.1. The molecule has 0 aliphatic rings. The van der Waals surface area contributed by atoms with E-state index in [0.717, 1.165) is 30.0 Å². The minimum Gasteiger partial charge on any atom is -0.494 e. The normalized spacial score (nSPS) is 10.9. The van der Waals surface area contributed by atoms with Crippen LogP contribution in [-0.4, -0.2) is 48.3 Å². The standard InChI is InChI=1S/C23H28N4O3/c1-27(2)16-7-17-29-20-14-12-19(13-15-20)24-21(28)10-6-11-22-25-26-23(30-22)18-8-4-3-5-9-18/h3-5,8-9,12-15H,6-7,10-11,16-17H2,1-2H3,(H,24,28). The van der Waals surface area contributed by atoms with Gasteiger partial charge >= 0.3 is 0 Å². The molecule has 0 spiro atoms. The second-order valence-corrected chi connectivity index (χ2v) is 7.30. The number of nitrogens with one attached hydrogen (secondary N) is 1. The summed E-state index contributed by atoms with van der Waals surface area (Å²) < 4.78 is 11.4. The zero-order valence-corrected chi connectivity index (χ0v) is 17.5. The van der Waals surface area contributed by atoms with Crippen molar-refractivity contribution in [2.24, 2.45) is 0 Å². The van der Waals surface area contributed by atoms with Crippen LogP contribution in [-0.2, 0) is 11.2 Å². The highest BCUT2D eigenvalue weighted by Gasteiger charge is 2.09. The number of carbonyl (C=O) groups is 1. The van der Waals surface area contributed by atoms with Gasteiger partial charge in [0, 0.05) is 30.6 Å². The summed E-state index contributed by atoms with van der Waals surface area (Å²) in [7, 11) is 4.09. The van der Waals surface area contributed by atoms with Crippen LogP contribution in [0.25, 0.3) is 11.5 Å². The van der Waals surface area contributed by atoms with Crippen molar-refractivity contribution in [1.29, 1.82) is 0 Å². The summed E-state index contributed by atoms with van der Waals surface area (Å²) in [6.45, 7) is 1.66. The molecule has 0 bridgehead atoms. The molecule has 3 aromatic rings. The van der Waals surface area contributed by atoms with Crippen LogP contribution in [0.5, 0.6) is 5.75 Å². The molecule has 0 aliphatic heterocycles. The van der Waals surface area contributed by atoms with Crippen LogP contribution in [0, 0.1) is 0 Å². The zero-order chi connectivity index (χ0) is 21.2. The molecular weight excluding hydrogens is 380 g/mol. The number of hydrogen-bond acceptors (Lipinski definition) is 6. The van der Waals surface area contributed by atoms with Crippen LogP contribution in [0.15, 0.2) is 59.0 Å². The summed E-state index contributed by atoms with van der Waals surface area (Å²) in [5.41, 5.74) is 1.64. The molecule has 1 aromatic heterocycles. The van der Waals surface area contributed by atoms with Gasteiger partial charge in [0.25, 0.3) is 0 Å². The van der Waals surface area contributed by atoms with E-state index in [1.807, 2.05) is 68.7 Å². The van der Waals surface area contributed by atoms with Gasteiger partial charge < -0.3 is 19.4 Å². The van der Waals surface area contributed by atoms with Crippen molar-refractivity contribution in [3.05, 3.63) is 60.5 Å². The molecule has 0 fully saturated rings. The maximum Gasteiger partial charge on any atom is 0.247 e. The summed E-state index contributed by atoms with van der Waals surface area (Å²) in [6.07, 6.45) is 2.55. The Hall–Kier alpha value is -3.19. The number of rotatable bonds is 11. The third-order valence-corrected chi connectivity index (χ3v) is 4.44. The third-order valence-electron chi connectivity index (χ3n) is 4.44. The number of nitrogens with zero attached hydrogens (tertiary/aromatic N) is 3. The highest BCUT2D eigenvalue weighted by molar-refractivity contribution is 5.90. The van der Waals surface area contributed by atoms with Crippen molar-refractivity contribution in [3.63, 3.8) is 0 Å². The first kappa shape index (κ1) is 21.5.